The topological polar surface area (TPSA) is 133 Å². The molecule has 0 saturated heterocycles. The van der Waals surface area contributed by atoms with Crippen molar-refractivity contribution in [3.8, 4) is 22.3 Å². The van der Waals surface area contributed by atoms with Crippen LogP contribution in [0.15, 0.2) is 158 Å². The molecule has 10 nitrogen and oxygen atoms in total. The van der Waals surface area contributed by atoms with Crippen molar-refractivity contribution < 1.29 is 41.9 Å². The third-order valence-electron chi connectivity index (χ3n) is 14.5. The van der Waals surface area contributed by atoms with Gasteiger partial charge in [0.2, 0.25) is 0 Å². The molecule has 13 heteroatoms. The first-order chi connectivity index (χ1) is 35.4. The van der Waals surface area contributed by atoms with Gasteiger partial charge in [-0.15, -0.1) is 0 Å². The molecule has 8 aromatic rings. The molecule has 364 valence electrons. The summed E-state index contributed by atoms with van der Waals surface area (Å²) in [7, 11) is 1.40. The van der Waals surface area contributed by atoms with Gasteiger partial charge >= 0.3 is 6.18 Å². The van der Waals surface area contributed by atoms with Crippen molar-refractivity contribution in [1.29, 1.82) is 0 Å². The summed E-state index contributed by atoms with van der Waals surface area (Å²) in [5.41, 5.74) is 8.67. The molecule has 0 spiro atoms. The number of halogens is 3. The average Bonchev–Trinajstić information content (AvgIpc) is 3.93. The molecule has 1 aliphatic carbocycles. The van der Waals surface area contributed by atoms with E-state index in [2.05, 4.69) is 34.9 Å². The Labute approximate surface area is 423 Å². The maximum Gasteiger partial charge on any atom is 0.417 e. The van der Waals surface area contributed by atoms with E-state index in [1.807, 2.05) is 81.4 Å². The summed E-state index contributed by atoms with van der Waals surface area (Å²) in [6.45, 7) is 7.33. The van der Waals surface area contributed by atoms with E-state index in [4.69, 9.17) is 0 Å². The third kappa shape index (κ3) is 7.33. The SMILES string of the molecule is Cc1ccc(-c2ccc(N3C(=O)c4ccc(C(=O)Nc5ccc(C6(c7ccc(NC(=O)c8ccc9c(c8)C(=O)N(C)C9=O)c(C)c7)c7ccccc7-c7ccccc76)cc5C)cc4C3=O)cc2C(F)(F)F)c(C)c1. The van der Waals surface area contributed by atoms with Crippen molar-refractivity contribution in [3.05, 3.63) is 241 Å². The highest BCUT2D eigenvalue weighted by atomic mass is 19.4. The van der Waals surface area contributed by atoms with E-state index in [9.17, 15) is 41.9 Å². The lowest BCUT2D eigenvalue weighted by Crippen LogP contribution is -2.29. The number of aryl methyl sites for hydroxylation is 4. The molecule has 2 heterocycles. The first-order valence-electron chi connectivity index (χ1n) is 23.7. The zero-order valence-corrected chi connectivity index (χ0v) is 40.5. The number of imide groups is 2. The number of hydrogen-bond acceptors (Lipinski definition) is 6. The smallest absolute Gasteiger partial charge is 0.322 e. The zero-order valence-electron chi connectivity index (χ0n) is 40.5. The molecule has 2 aliphatic heterocycles. The largest absolute Gasteiger partial charge is 0.417 e. The van der Waals surface area contributed by atoms with Gasteiger partial charge in [-0.25, -0.2) is 4.90 Å². The zero-order chi connectivity index (χ0) is 52.1. The molecule has 3 aliphatic rings. The molecule has 0 radical (unpaired) electrons. The van der Waals surface area contributed by atoms with Crippen molar-refractivity contribution in [3.63, 3.8) is 0 Å². The van der Waals surface area contributed by atoms with Crippen LogP contribution in [-0.4, -0.2) is 47.4 Å². The van der Waals surface area contributed by atoms with Crippen LogP contribution in [0.3, 0.4) is 0 Å². The molecule has 2 N–H and O–H groups in total. The summed E-state index contributed by atoms with van der Waals surface area (Å²) in [4.78, 5) is 82.3. The van der Waals surface area contributed by atoms with Gasteiger partial charge in [0.05, 0.1) is 38.9 Å². The van der Waals surface area contributed by atoms with Gasteiger partial charge in [-0.3, -0.25) is 33.7 Å². The Morgan fingerprint density at radius 2 is 0.932 bits per heavy atom. The first-order valence-corrected chi connectivity index (χ1v) is 23.7. The maximum absolute atomic E-state index is 14.6. The number of hydrogen-bond donors (Lipinski definition) is 2. The molecule has 0 aromatic heterocycles. The molecular weight excluding hydrogens is 942 g/mol. The van der Waals surface area contributed by atoms with Crippen LogP contribution in [0.25, 0.3) is 22.3 Å². The molecule has 0 unspecified atom stereocenters. The van der Waals surface area contributed by atoms with Crippen LogP contribution in [-0.2, 0) is 11.6 Å². The number of amides is 6. The number of carbonyl (C=O) groups excluding carboxylic acids is 6. The first kappa shape index (κ1) is 47.1. The summed E-state index contributed by atoms with van der Waals surface area (Å²) in [5, 5.41) is 5.96. The van der Waals surface area contributed by atoms with Crippen LogP contribution in [0.2, 0.25) is 0 Å². The molecule has 0 fully saturated rings. The summed E-state index contributed by atoms with van der Waals surface area (Å²) < 4.78 is 43.9. The number of nitrogens with zero attached hydrogens (tertiary/aromatic N) is 2. The van der Waals surface area contributed by atoms with Crippen LogP contribution in [0, 0.1) is 27.7 Å². The molecular formula is C61H43F3N4O6. The van der Waals surface area contributed by atoms with Crippen LogP contribution >= 0.6 is 0 Å². The number of anilines is 3. The van der Waals surface area contributed by atoms with Gasteiger partial charge < -0.3 is 10.6 Å². The van der Waals surface area contributed by atoms with Crippen LogP contribution in [0.1, 0.15) is 112 Å². The molecule has 8 aromatic carbocycles. The van der Waals surface area contributed by atoms with Gasteiger partial charge in [0.25, 0.3) is 35.4 Å². The van der Waals surface area contributed by atoms with Gasteiger partial charge in [0, 0.05) is 29.5 Å². The highest BCUT2D eigenvalue weighted by Gasteiger charge is 2.47. The van der Waals surface area contributed by atoms with E-state index in [0.717, 1.165) is 55.5 Å². The van der Waals surface area contributed by atoms with Crippen LogP contribution in [0.4, 0.5) is 30.2 Å². The van der Waals surface area contributed by atoms with Gasteiger partial charge in [-0.2, -0.15) is 13.2 Å². The fraction of sp³-hybridized carbons (Fsp3) is 0.115. The quantitative estimate of drug-likeness (QED) is 0.146. The van der Waals surface area contributed by atoms with Gasteiger partial charge in [0.1, 0.15) is 0 Å². The Kier molecular flexibility index (Phi) is 11.0. The Morgan fingerprint density at radius 1 is 0.459 bits per heavy atom. The number of fused-ring (bicyclic) bond motifs is 5. The predicted molar refractivity (Wildman–Crippen MR) is 276 cm³/mol. The lowest BCUT2D eigenvalue weighted by atomic mass is 9.67. The second-order valence-corrected chi connectivity index (χ2v) is 19.0. The van der Waals surface area contributed by atoms with Gasteiger partial charge in [-0.1, -0.05) is 103 Å². The van der Waals surface area contributed by atoms with Gasteiger partial charge in [0.15, 0.2) is 0 Å². The standard InChI is InChI=1S/C61H43F3N4O6/c1-32-14-20-41(33(2)26-32)44-23-19-40(31-51(44)61(62,63)64)68-58(73)46-22-16-37(30-48(46)59(68)74)55(70)66-53-25-18-39(28-35(53)4)60(49-12-8-6-10-42(49)43-11-7-9-13-50(43)60)38-17-24-52(34(3)27-38)65-54(69)36-15-21-45-47(29-36)57(72)67(5)56(45)71/h6-31H,1-5H3,(H,65,69)(H,66,70). The monoisotopic (exact) mass is 984 g/mol. The van der Waals surface area contributed by atoms with E-state index in [-0.39, 0.29) is 44.6 Å². The van der Waals surface area contributed by atoms with Crippen molar-refractivity contribution in [2.45, 2.75) is 39.3 Å². The van der Waals surface area contributed by atoms with Crippen molar-refractivity contribution in [2.75, 3.05) is 22.6 Å². The highest BCUT2D eigenvalue weighted by Crippen LogP contribution is 2.56. The molecule has 6 amide bonds. The normalized spacial score (nSPS) is 14.2. The van der Waals surface area contributed by atoms with E-state index >= 15 is 0 Å². The minimum Gasteiger partial charge on any atom is -0.322 e. The fourth-order valence-electron chi connectivity index (χ4n) is 10.9. The number of nitrogens with one attached hydrogen (secondary N) is 2. The minimum absolute atomic E-state index is 0.0455. The number of rotatable bonds is 8. The second kappa shape index (κ2) is 17.2. The van der Waals surface area contributed by atoms with E-state index < -0.39 is 52.6 Å². The average molecular weight is 985 g/mol. The van der Waals surface area contributed by atoms with Crippen molar-refractivity contribution >= 4 is 52.5 Å². The van der Waals surface area contributed by atoms with E-state index in [1.54, 1.807) is 25.1 Å². The Hall–Kier alpha value is -9.23. The third-order valence-corrected chi connectivity index (χ3v) is 14.5. The molecule has 0 bridgehead atoms. The minimum atomic E-state index is -4.81. The lowest BCUT2D eigenvalue weighted by molar-refractivity contribution is -0.137. The molecule has 0 saturated carbocycles. The lowest BCUT2D eigenvalue weighted by Gasteiger charge is -2.35. The summed E-state index contributed by atoms with van der Waals surface area (Å²) in [6, 6.07) is 45.0. The molecule has 11 rings (SSSR count). The van der Waals surface area contributed by atoms with Crippen LogP contribution < -0.4 is 15.5 Å². The predicted octanol–water partition coefficient (Wildman–Crippen LogP) is 12.5. The molecule has 74 heavy (non-hydrogen) atoms. The number of alkyl halides is 3. The van der Waals surface area contributed by atoms with Gasteiger partial charge in [-0.05, 0) is 150 Å². The Balaban J connectivity index is 0.893. The summed E-state index contributed by atoms with van der Waals surface area (Å²) in [5.74, 6) is -3.58. The summed E-state index contributed by atoms with van der Waals surface area (Å²) in [6.07, 6.45) is -4.81. The van der Waals surface area contributed by atoms with Crippen molar-refractivity contribution in [2.24, 2.45) is 0 Å². The number of benzene rings is 8. The molecule has 0 atom stereocenters. The van der Waals surface area contributed by atoms with Crippen molar-refractivity contribution in [1.82, 2.24) is 4.90 Å². The Bertz CT molecular complexity index is 3790. The maximum atomic E-state index is 14.6. The highest BCUT2D eigenvalue weighted by molar-refractivity contribution is 6.35. The van der Waals surface area contributed by atoms with E-state index in [1.165, 1.54) is 55.6 Å². The summed E-state index contributed by atoms with van der Waals surface area (Å²) >= 11 is 0. The van der Waals surface area contributed by atoms with Crippen LogP contribution in [0.5, 0.6) is 0 Å². The van der Waals surface area contributed by atoms with E-state index in [0.29, 0.717) is 33.0 Å². The second-order valence-electron chi connectivity index (χ2n) is 19.0. The Morgan fingerprint density at radius 3 is 1.46 bits per heavy atom. The number of carbonyl (C=O) groups is 6. The fourth-order valence-corrected chi connectivity index (χ4v) is 10.9.